The van der Waals surface area contributed by atoms with Crippen LogP contribution >= 0.6 is 11.8 Å². The molecule has 3 rings (SSSR count). The number of nitrogens with one attached hydrogen (secondary N) is 1. The summed E-state index contributed by atoms with van der Waals surface area (Å²) in [6.45, 7) is 2.87. The Balaban J connectivity index is 1.63. The zero-order chi connectivity index (χ0) is 21.0. The number of carbonyl (C=O) groups excluding carboxylic acids is 3. The number of anilines is 1. The van der Waals surface area contributed by atoms with E-state index in [0.29, 0.717) is 22.9 Å². The summed E-state index contributed by atoms with van der Waals surface area (Å²) in [5.41, 5.74) is 0.525. The van der Waals surface area contributed by atoms with E-state index in [1.807, 2.05) is 0 Å². The highest BCUT2D eigenvalue weighted by Crippen LogP contribution is 2.41. The summed E-state index contributed by atoms with van der Waals surface area (Å²) >= 11 is 1.41. The molecule has 2 aromatic rings. The number of ether oxygens (including phenoxy) is 2. The maximum absolute atomic E-state index is 12.7. The van der Waals surface area contributed by atoms with Gasteiger partial charge in [0.1, 0.15) is 22.9 Å². The minimum atomic E-state index is -1.03. The van der Waals surface area contributed by atoms with Crippen LogP contribution < -0.4 is 10.1 Å². The lowest BCUT2D eigenvalue weighted by molar-refractivity contribution is -0.160. The molecule has 1 saturated heterocycles. The van der Waals surface area contributed by atoms with Gasteiger partial charge in [-0.25, -0.2) is 4.79 Å². The lowest BCUT2D eigenvalue weighted by Gasteiger charge is -2.26. The third-order valence-corrected chi connectivity index (χ3v) is 5.71. The van der Waals surface area contributed by atoms with E-state index in [9.17, 15) is 14.4 Å². The summed E-state index contributed by atoms with van der Waals surface area (Å²) in [6, 6.07) is 9.54. The van der Waals surface area contributed by atoms with Gasteiger partial charge < -0.3 is 24.1 Å². The largest absolute Gasteiger partial charge is 0.497 e. The van der Waals surface area contributed by atoms with Crippen molar-refractivity contribution in [2.75, 3.05) is 18.2 Å². The number of esters is 1. The number of methoxy groups -OCH3 is 1. The second-order valence-electron chi connectivity index (χ2n) is 6.44. The molecule has 1 aliphatic heterocycles. The Morgan fingerprint density at radius 3 is 2.72 bits per heavy atom. The first-order chi connectivity index (χ1) is 13.9. The number of amides is 2. The topological polar surface area (TPSA) is 98.1 Å². The van der Waals surface area contributed by atoms with Crippen LogP contribution in [0.5, 0.6) is 5.75 Å². The monoisotopic (exact) mass is 418 g/mol. The number of benzene rings is 1. The molecule has 1 N–H and O–H groups in total. The molecular formula is C20H22N2O6S. The number of thioether (sulfide) groups is 1. The quantitative estimate of drug-likeness (QED) is 0.720. The average Bonchev–Trinajstić information content (AvgIpc) is 3.37. The Labute approximate surface area is 172 Å². The molecule has 0 saturated carbocycles. The molecule has 0 unspecified atom stereocenters. The zero-order valence-corrected chi connectivity index (χ0v) is 17.1. The second-order valence-corrected chi connectivity index (χ2v) is 7.56. The van der Waals surface area contributed by atoms with Crippen LogP contribution in [0, 0.1) is 0 Å². The predicted octanol–water partition coefficient (Wildman–Crippen LogP) is 2.82. The molecule has 1 fully saturated rings. The van der Waals surface area contributed by atoms with Gasteiger partial charge in [-0.1, -0.05) is 6.07 Å². The number of nitrogens with zero attached hydrogens (tertiary/aromatic N) is 1. The highest BCUT2D eigenvalue weighted by atomic mass is 32.2. The number of carbonyl (C=O) groups is 3. The van der Waals surface area contributed by atoms with Gasteiger partial charge in [-0.3, -0.25) is 9.59 Å². The molecule has 154 valence electrons. The molecule has 0 radical (unpaired) electrons. The van der Waals surface area contributed by atoms with Crippen LogP contribution in [0.3, 0.4) is 0 Å². The molecular weight excluding hydrogens is 396 g/mol. The third kappa shape index (κ3) is 4.73. The van der Waals surface area contributed by atoms with Gasteiger partial charge in [0.2, 0.25) is 5.91 Å². The normalized spacial score (nSPS) is 19.5. The van der Waals surface area contributed by atoms with Crippen molar-refractivity contribution in [2.45, 2.75) is 31.4 Å². The Bertz CT molecular complexity index is 885. The second kappa shape index (κ2) is 9.04. The van der Waals surface area contributed by atoms with Crippen molar-refractivity contribution in [3.63, 3.8) is 0 Å². The lowest BCUT2D eigenvalue weighted by Crippen LogP contribution is -2.44. The van der Waals surface area contributed by atoms with E-state index in [0.717, 1.165) is 0 Å². The smallest absolute Gasteiger partial charge is 0.330 e. The molecule has 2 heterocycles. The van der Waals surface area contributed by atoms with Gasteiger partial charge >= 0.3 is 5.97 Å². The van der Waals surface area contributed by atoms with E-state index in [1.54, 1.807) is 36.4 Å². The predicted molar refractivity (Wildman–Crippen MR) is 107 cm³/mol. The zero-order valence-electron chi connectivity index (χ0n) is 16.3. The summed E-state index contributed by atoms with van der Waals surface area (Å²) < 4.78 is 15.9. The van der Waals surface area contributed by atoms with Crippen molar-refractivity contribution in [3.8, 4) is 5.75 Å². The van der Waals surface area contributed by atoms with Crippen LogP contribution in [0.2, 0.25) is 0 Å². The first kappa shape index (κ1) is 20.8. The summed E-state index contributed by atoms with van der Waals surface area (Å²) in [5, 5.41) is 2.28. The van der Waals surface area contributed by atoms with Crippen LogP contribution in [0.25, 0.3) is 0 Å². The molecule has 1 aromatic heterocycles. The van der Waals surface area contributed by atoms with E-state index in [1.165, 1.54) is 43.9 Å². The lowest BCUT2D eigenvalue weighted by atomic mass is 10.2. The van der Waals surface area contributed by atoms with Crippen LogP contribution in [0.15, 0.2) is 47.1 Å². The fraction of sp³-hybridized carbons (Fsp3) is 0.350. The van der Waals surface area contributed by atoms with E-state index in [4.69, 9.17) is 13.9 Å². The van der Waals surface area contributed by atoms with Crippen molar-refractivity contribution in [2.24, 2.45) is 0 Å². The maximum atomic E-state index is 12.7. The van der Waals surface area contributed by atoms with Gasteiger partial charge in [-0.2, -0.15) is 0 Å². The first-order valence-corrected chi connectivity index (χ1v) is 10.0. The Kier molecular flexibility index (Phi) is 6.48. The molecule has 2 amide bonds. The van der Waals surface area contributed by atoms with Gasteiger partial charge in [0.05, 0.1) is 13.4 Å². The van der Waals surface area contributed by atoms with Crippen molar-refractivity contribution >= 4 is 35.2 Å². The van der Waals surface area contributed by atoms with Gasteiger partial charge in [0, 0.05) is 24.4 Å². The molecule has 1 aliphatic rings. The standard InChI is InChI=1S/C20H22N2O6S/c1-12(18(24)21-14-6-4-7-15(10-14)26-3)28-20(25)16-11-29-19(22(16)13(2)23)17-8-5-9-27-17/h4-10,12,16,19H,11H2,1-3H3,(H,21,24)/t12-,16-,19-/m1/s1. The van der Waals surface area contributed by atoms with Crippen LogP contribution in [-0.4, -0.2) is 47.7 Å². The molecule has 3 atom stereocenters. The fourth-order valence-corrected chi connectivity index (χ4v) is 4.39. The van der Waals surface area contributed by atoms with E-state index in [2.05, 4.69) is 5.32 Å². The van der Waals surface area contributed by atoms with Crippen molar-refractivity contribution in [1.82, 2.24) is 4.90 Å². The highest BCUT2D eigenvalue weighted by Gasteiger charge is 2.43. The highest BCUT2D eigenvalue weighted by molar-refractivity contribution is 7.99. The summed E-state index contributed by atoms with van der Waals surface area (Å²) in [4.78, 5) is 38.7. The summed E-state index contributed by atoms with van der Waals surface area (Å²) in [5.74, 6) is 0.158. The SMILES string of the molecule is COc1cccc(NC(=O)[C@@H](C)OC(=O)[C@H]2CS[C@H](c3ccco3)N2C(C)=O)c1. The Hall–Kier alpha value is -2.94. The molecule has 8 nitrogen and oxygen atoms in total. The number of hydrogen-bond acceptors (Lipinski definition) is 7. The van der Waals surface area contributed by atoms with Gasteiger partial charge in [0.15, 0.2) is 6.10 Å². The number of rotatable bonds is 6. The number of furan rings is 1. The van der Waals surface area contributed by atoms with Gasteiger partial charge in [-0.15, -0.1) is 11.8 Å². The molecule has 9 heteroatoms. The van der Waals surface area contributed by atoms with Gasteiger partial charge in [0.25, 0.3) is 5.91 Å². The average molecular weight is 418 g/mol. The van der Waals surface area contributed by atoms with Gasteiger partial charge in [-0.05, 0) is 31.2 Å². The number of hydrogen-bond donors (Lipinski definition) is 1. The van der Waals surface area contributed by atoms with Crippen LogP contribution in [-0.2, 0) is 19.1 Å². The third-order valence-electron chi connectivity index (χ3n) is 4.42. The summed E-state index contributed by atoms with van der Waals surface area (Å²) in [6.07, 6.45) is 0.486. The molecule has 29 heavy (non-hydrogen) atoms. The van der Waals surface area contributed by atoms with Crippen LogP contribution in [0.4, 0.5) is 5.69 Å². The first-order valence-electron chi connectivity index (χ1n) is 9.00. The Morgan fingerprint density at radius 1 is 1.28 bits per heavy atom. The minimum absolute atomic E-state index is 0.271. The fourth-order valence-electron chi connectivity index (χ4n) is 2.97. The molecule has 0 spiro atoms. The van der Waals surface area contributed by atoms with E-state index < -0.39 is 29.4 Å². The van der Waals surface area contributed by atoms with Crippen molar-refractivity contribution in [3.05, 3.63) is 48.4 Å². The summed E-state index contributed by atoms with van der Waals surface area (Å²) in [7, 11) is 1.53. The van der Waals surface area contributed by atoms with E-state index in [-0.39, 0.29) is 5.91 Å². The van der Waals surface area contributed by atoms with Crippen molar-refractivity contribution < 1.29 is 28.3 Å². The molecule has 0 aliphatic carbocycles. The van der Waals surface area contributed by atoms with E-state index >= 15 is 0 Å². The van der Waals surface area contributed by atoms with Crippen molar-refractivity contribution in [1.29, 1.82) is 0 Å². The Morgan fingerprint density at radius 2 is 2.07 bits per heavy atom. The molecule has 0 bridgehead atoms. The minimum Gasteiger partial charge on any atom is -0.497 e. The van der Waals surface area contributed by atoms with Crippen LogP contribution in [0.1, 0.15) is 25.0 Å². The molecule has 1 aromatic carbocycles. The maximum Gasteiger partial charge on any atom is 0.330 e.